The minimum Gasteiger partial charge on any atom is -0.245 e. The van der Waals surface area contributed by atoms with Gasteiger partial charge < -0.3 is 0 Å². The molecule has 0 unspecified atom stereocenters. The van der Waals surface area contributed by atoms with Crippen LogP contribution < -0.4 is 0 Å². The molecule has 0 radical (unpaired) electrons. The van der Waals surface area contributed by atoms with Gasteiger partial charge in [0.1, 0.15) is 11.1 Å². The van der Waals surface area contributed by atoms with Crippen molar-refractivity contribution in [2.75, 3.05) is 5.75 Å². The third kappa shape index (κ3) is 4.08. The Morgan fingerprint density at radius 1 is 1.29 bits per heavy atom. The quantitative estimate of drug-likeness (QED) is 0.591. The van der Waals surface area contributed by atoms with Gasteiger partial charge in [-0.3, -0.25) is 0 Å². The number of aromatic nitrogens is 1. The van der Waals surface area contributed by atoms with E-state index in [0.29, 0.717) is 5.56 Å². The van der Waals surface area contributed by atoms with E-state index in [1.807, 2.05) is 61.5 Å². The number of hydrogen-bond acceptors (Lipinski definition) is 3. The maximum absolute atomic E-state index is 9.42. The Morgan fingerprint density at radius 2 is 2.05 bits per heavy atom. The van der Waals surface area contributed by atoms with Crippen LogP contribution in [0.15, 0.2) is 54.1 Å². The summed E-state index contributed by atoms with van der Waals surface area (Å²) in [6.45, 7) is 5.65. The van der Waals surface area contributed by atoms with Crippen LogP contribution in [0.5, 0.6) is 0 Å². The standard InChI is InChI=1S/C18H16N2S/c1-3-11-21-18-17(13-19)16(12-14(2)20-18)10-9-15-7-5-4-6-8-15/h3-10,12H,1,11H2,2H3. The molecule has 2 aromatic rings. The molecule has 0 aliphatic carbocycles. The number of benzene rings is 1. The number of thioether (sulfide) groups is 1. The normalized spacial score (nSPS) is 10.5. The highest BCUT2D eigenvalue weighted by Gasteiger charge is 2.09. The fourth-order valence-electron chi connectivity index (χ4n) is 1.91. The summed E-state index contributed by atoms with van der Waals surface area (Å²) in [6, 6.07) is 14.2. The highest BCUT2D eigenvalue weighted by Crippen LogP contribution is 2.25. The second kappa shape index (κ2) is 7.47. The van der Waals surface area contributed by atoms with Crippen molar-refractivity contribution in [2.24, 2.45) is 0 Å². The second-order valence-corrected chi connectivity index (χ2v) is 5.50. The monoisotopic (exact) mass is 292 g/mol. The third-order valence-corrected chi connectivity index (χ3v) is 3.82. The lowest BCUT2D eigenvalue weighted by atomic mass is 10.1. The van der Waals surface area contributed by atoms with E-state index >= 15 is 0 Å². The summed E-state index contributed by atoms with van der Waals surface area (Å²) in [6.07, 6.45) is 5.80. The van der Waals surface area contributed by atoms with Gasteiger partial charge in [0.05, 0.1) is 5.56 Å². The molecule has 0 spiro atoms. The van der Waals surface area contributed by atoms with Crippen LogP contribution >= 0.6 is 11.8 Å². The molecule has 0 saturated carbocycles. The summed E-state index contributed by atoms with van der Waals surface area (Å²) < 4.78 is 0. The Bertz CT molecular complexity index is 697. The van der Waals surface area contributed by atoms with E-state index in [1.54, 1.807) is 0 Å². The summed E-state index contributed by atoms with van der Waals surface area (Å²) in [5, 5.41) is 10.2. The molecule has 0 aliphatic rings. The first-order valence-electron chi connectivity index (χ1n) is 6.63. The lowest BCUT2D eigenvalue weighted by Gasteiger charge is -2.06. The number of pyridine rings is 1. The SMILES string of the molecule is C=CCSc1nc(C)cc(C=Cc2ccccc2)c1C#N. The summed E-state index contributed by atoms with van der Waals surface area (Å²) in [5.74, 6) is 0.743. The van der Waals surface area contributed by atoms with E-state index < -0.39 is 0 Å². The number of rotatable bonds is 5. The molecule has 1 heterocycles. The maximum Gasteiger partial charge on any atom is 0.115 e. The number of aryl methyl sites for hydroxylation is 1. The molecule has 0 aliphatic heterocycles. The van der Waals surface area contributed by atoms with Crippen molar-refractivity contribution >= 4 is 23.9 Å². The molecule has 1 aromatic heterocycles. The van der Waals surface area contributed by atoms with Crippen LogP contribution in [0.2, 0.25) is 0 Å². The average Bonchev–Trinajstić information content (AvgIpc) is 2.51. The van der Waals surface area contributed by atoms with E-state index in [-0.39, 0.29) is 0 Å². The van der Waals surface area contributed by atoms with Crippen molar-refractivity contribution in [3.05, 3.63) is 71.4 Å². The lowest BCUT2D eigenvalue weighted by molar-refractivity contribution is 1.05. The Kier molecular flexibility index (Phi) is 5.36. The minimum atomic E-state index is 0.625. The van der Waals surface area contributed by atoms with Crippen molar-refractivity contribution in [3.8, 4) is 6.07 Å². The van der Waals surface area contributed by atoms with Gasteiger partial charge in [-0.1, -0.05) is 48.6 Å². The van der Waals surface area contributed by atoms with Crippen molar-refractivity contribution in [1.82, 2.24) is 4.98 Å². The van der Waals surface area contributed by atoms with E-state index in [9.17, 15) is 5.26 Å². The van der Waals surface area contributed by atoms with Gasteiger partial charge in [0.25, 0.3) is 0 Å². The first-order valence-corrected chi connectivity index (χ1v) is 7.61. The summed E-state index contributed by atoms with van der Waals surface area (Å²) in [7, 11) is 0. The second-order valence-electron chi connectivity index (χ2n) is 4.49. The summed E-state index contributed by atoms with van der Waals surface area (Å²) in [4.78, 5) is 4.46. The average molecular weight is 292 g/mol. The summed E-state index contributed by atoms with van der Waals surface area (Å²) in [5.41, 5.74) is 3.55. The van der Waals surface area contributed by atoms with E-state index in [0.717, 1.165) is 27.6 Å². The first kappa shape index (κ1) is 15.1. The predicted octanol–water partition coefficient (Wildman–Crippen LogP) is 4.71. The molecule has 0 saturated heterocycles. The molecule has 0 N–H and O–H groups in total. The van der Waals surface area contributed by atoms with Gasteiger partial charge in [-0.15, -0.1) is 18.3 Å². The van der Waals surface area contributed by atoms with Crippen molar-refractivity contribution in [1.29, 1.82) is 5.26 Å². The Balaban J connectivity index is 2.38. The molecule has 3 heteroatoms. The van der Waals surface area contributed by atoms with E-state index in [4.69, 9.17) is 0 Å². The molecular formula is C18H16N2S. The van der Waals surface area contributed by atoms with Gasteiger partial charge in [-0.2, -0.15) is 5.26 Å². The van der Waals surface area contributed by atoms with Crippen LogP contribution in [-0.2, 0) is 0 Å². The van der Waals surface area contributed by atoms with Crippen molar-refractivity contribution < 1.29 is 0 Å². The smallest absolute Gasteiger partial charge is 0.115 e. The number of nitrogens with zero attached hydrogens (tertiary/aromatic N) is 2. The molecule has 2 nitrogen and oxygen atoms in total. The van der Waals surface area contributed by atoms with Crippen LogP contribution in [0.3, 0.4) is 0 Å². The number of nitriles is 1. The first-order chi connectivity index (χ1) is 10.2. The molecule has 2 rings (SSSR count). The molecule has 0 atom stereocenters. The van der Waals surface area contributed by atoms with Gasteiger partial charge >= 0.3 is 0 Å². The fraction of sp³-hybridized carbons (Fsp3) is 0.111. The predicted molar refractivity (Wildman–Crippen MR) is 90.0 cm³/mol. The topological polar surface area (TPSA) is 36.7 Å². The third-order valence-electron chi connectivity index (χ3n) is 2.85. The summed E-state index contributed by atoms with van der Waals surface area (Å²) >= 11 is 1.54. The lowest BCUT2D eigenvalue weighted by Crippen LogP contribution is -1.94. The zero-order valence-electron chi connectivity index (χ0n) is 11.9. The van der Waals surface area contributed by atoms with Crippen LogP contribution in [0.25, 0.3) is 12.2 Å². The molecule has 0 amide bonds. The van der Waals surface area contributed by atoms with Gasteiger partial charge in [-0.05, 0) is 24.1 Å². The Labute approximate surface area is 129 Å². The van der Waals surface area contributed by atoms with Gasteiger partial charge in [0.2, 0.25) is 0 Å². The van der Waals surface area contributed by atoms with Crippen LogP contribution in [0.1, 0.15) is 22.4 Å². The van der Waals surface area contributed by atoms with Gasteiger partial charge in [-0.25, -0.2) is 4.98 Å². The zero-order valence-corrected chi connectivity index (χ0v) is 12.7. The molecule has 1 aromatic carbocycles. The maximum atomic E-state index is 9.42. The van der Waals surface area contributed by atoms with Gasteiger partial charge in [0.15, 0.2) is 0 Å². The molecular weight excluding hydrogens is 276 g/mol. The van der Waals surface area contributed by atoms with Crippen LogP contribution in [0.4, 0.5) is 0 Å². The van der Waals surface area contributed by atoms with E-state index in [1.165, 1.54) is 11.8 Å². The molecule has 21 heavy (non-hydrogen) atoms. The van der Waals surface area contributed by atoms with Crippen molar-refractivity contribution in [2.45, 2.75) is 11.9 Å². The molecule has 104 valence electrons. The molecule has 0 bridgehead atoms. The van der Waals surface area contributed by atoms with Crippen molar-refractivity contribution in [3.63, 3.8) is 0 Å². The highest BCUT2D eigenvalue weighted by molar-refractivity contribution is 7.99. The Morgan fingerprint density at radius 3 is 2.71 bits per heavy atom. The van der Waals surface area contributed by atoms with E-state index in [2.05, 4.69) is 17.6 Å². The minimum absolute atomic E-state index is 0.625. The molecule has 0 fully saturated rings. The zero-order chi connectivity index (χ0) is 15.1. The van der Waals surface area contributed by atoms with Gasteiger partial charge in [0, 0.05) is 11.4 Å². The largest absolute Gasteiger partial charge is 0.245 e. The highest BCUT2D eigenvalue weighted by atomic mass is 32.2. The number of hydrogen-bond donors (Lipinski definition) is 0. The fourth-order valence-corrected chi connectivity index (χ4v) is 2.70. The van der Waals surface area contributed by atoms with Crippen LogP contribution in [0, 0.1) is 18.3 Å². The van der Waals surface area contributed by atoms with Crippen LogP contribution in [-0.4, -0.2) is 10.7 Å². The Hall–Kier alpha value is -2.31.